The predicted octanol–water partition coefficient (Wildman–Crippen LogP) is 1.36. The first kappa shape index (κ1) is 8.37. The number of hydrogen-bond acceptors (Lipinski definition) is 2. The molecule has 52 valence electrons. The zero-order chi connectivity index (χ0) is 7.28. The van der Waals surface area contributed by atoms with Crippen molar-refractivity contribution in [3.8, 4) is 0 Å². The van der Waals surface area contributed by atoms with Crippen LogP contribution in [0.15, 0.2) is 17.3 Å². The monoisotopic (exact) mass is 127 g/mol. The average Bonchev–Trinajstić information content (AvgIpc) is 1.82. The number of rotatable bonds is 2. The number of hydrogen-bond donors (Lipinski definition) is 1. The lowest BCUT2D eigenvalue weighted by molar-refractivity contribution is 0.261. The zero-order valence-electron chi connectivity index (χ0n) is 6.13. The summed E-state index contributed by atoms with van der Waals surface area (Å²) in [5.41, 5.74) is 0.744. The highest BCUT2D eigenvalue weighted by Crippen LogP contribution is 1.86. The van der Waals surface area contributed by atoms with Gasteiger partial charge in [-0.2, -0.15) is 0 Å². The van der Waals surface area contributed by atoms with Crippen molar-refractivity contribution in [2.45, 2.75) is 26.9 Å². The minimum absolute atomic E-state index is 0.429. The second-order valence-corrected chi connectivity index (χ2v) is 1.93. The summed E-state index contributed by atoms with van der Waals surface area (Å²) in [7, 11) is 0. The highest BCUT2D eigenvalue weighted by atomic mass is 16.3. The Labute approximate surface area is 55.9 Å². The Morgan fingerprint density at radius 3 is 2.56 bits per heavy atom. The van der Waals surface area contributed by atoms with Crippen LogP contribution in [-0.4, -0.2) is 16.9 Å². The van der Waals surface area contributed by atoms with E-state index in [-0.39, 0.29) is 0 Å². The molecule has 0 saturated heterocycles. The van der Waals surface area contributed by atoms with Gasteiger partial charge in [-0.1, -0.05) is 6.08 Å². The van der Waals surface area contributed by atoms with Gasteiger partial charge in [0, 0.05) is 11.9 Å². The summed E-state index contributed by atoms with van der Waals surface area (Å²) in [5, 5.41) is 8.88. The number of aliphatic hydroxyl groups is 1. The van der Waals surface area contributed by atoms with Crippen LogP contribution in [0, 0.1) is 0 Å². The number of allylic oxidation sites excluding steroid dienone is 1. The van der Waals surface area contributed by atoms with Crippen molar-refractivity contribution in [2.75, 3.05) is 0 Å². The smallest absolute Gasteiger partial charge is 0.0890 e. The Morgan fingerprint density at radius 2 is 2.22 bits per heavy atom. The van der Waals surface area contributed by atoms with E-state index in [1.807, 2.05) is 13.0 Å². The van der Waals surface area contributed by atoms with Gasteiger partial charge in [-0.15, -0.1) is 0 Å². The van der Waals surface area contributed by atoms with E-state index in [1.54, 1.807) is 20.0 Å². The molecule has 0 spiro atoms. The van der Waals surface area contributed by atoms with Gasteiger partial charge in [0.15, 0.2) is 0 Å². The zero-order valence-corrected chi connectivity index (χ0v) is 6.13. The lowest BCUT2D eigenvalue weighted by Crippen LogP contribution is -2.11. The Morgan fingerprint density at radius 1 is 1.67 bits per heavy atom. The van der Waals surface area contributed by atoms with Gasteiger partial charge < -0.3 is 5.11 Å². The summed E-state index contributed by atoms with van der Waals surface area (Å²) in [4.78, 5) is 3.93. The molecule has 0 saturated carbocycles. The third-order valence-electron chi connectivity index (χ3n) is 1.03. The Bertz CT molecular complexity index is 125. The van der Waals surface area contributed by atoms with Gasteiger partial charge in [-0.3, -0.25) is 4.99 Å². The topological polar surface area (TPSA) is 32.6 Å². The van der Waals surface area contributed by atoms with E-state index in [2.05, 4.69) is 4.99 Å². The largest absolute Gasteiger partial charge is 0.387 e. The fourth-order valence-corrected chi connectivity index (χ4v) is 0.300. The molecule has 0 bridgehead atoms. The molecule has 0 aromatic heterocycles. The van der Waals surface area contributed by atoms with Crippen LogP contribution < -0.4 is 0 Å². The van der Waals surface area contributed by atoms with Crippen molar-refractivity contribution in [1.82, 2.24) is 0 Å². The second kappa shape index (κ2) is 4.27. The Hall–Kier alpha value is -0.630. The third-order valence-corrected chi connectivity index (χ3v) is 1.03. The summed E-state index contributed by atoms with van der Waals surface area (Å²) < 4.78 is 0. The minimum Gasteiger partial charge on any atom is -0.387 e. The first-order chi connectivity index (χ1) is 4.18. The number of nitrogens with zero attached hydrogens (tertiary/aromatic N) is 1. The van der Waals surface area contributed by atoms with Crippen molar-refractivity contribution in [3.63, 3.8) is 0 Å². The highest BCUT2D eigenvalue weighted by Gasteiger charge is 1.95. The summed E-state index contributed by atoms with van der Waals surface area (Å²) >= 11 is 0. The average molecular weight is 127 g/mol. The van der Waals surface area contributed by atoms with E-state index in [9.17, 15) is 0 Å². The first-order valence-corrected chi connectivity index (χ1v) is 3.02. The first-order valence-electron chi connectivity index (χ1n) is 3.02. The van der Waals surface area contributed by atoms with Crippen LogP contribution in [0.3, 0.4) is 0 Å². The Balaban J connectivity index is 3.84. The van der Waals surface area contributed by atoms with Crippen LogP contribution in [0.5, 0.6) is 0 Å². The van der Waals surface area contributed by atoms with E-state index in [0.717, 1.165) is 5.71 Å². The van der Waals surface area contributed by atoms with Crippen LogP contribution in [0.25, 0.3) is 0 Å². The van der Waals surface area contributed by atoms with E-state index >= 15 is 0 Å². The maximum Gasteiger partial charge on any atom is 0.0890 e. The van der Waals surface area contributed by atoms with Crippen molar-refractivity contribution in [3.05, 3.63) is 12.3 Å². The van der Waals surface area contributed by atoms with Gasteiger partial charge in [0.05, 0.1) is 6.10 Å². The maximum absolute atomic E-state index is 8.88. The van der Waals surface area contributed by atoms with Gasteiger partial charge in [0.1, 0.15) is 0 Å². The normalized spacial score (nSPS) is 16.7. The van der Waals surface area contributed by atoms with Crippen molar-refractivity contribution in [1.29, 1.82) is 0 Å². The molecule has 0 fully saturated rings. The Kier molecular flexibility index (Phi) is 3.97. The molecule has 2 nitrogen and oxygen atoms in total. The standard InChI is InChI=1S/C7H13NO/c1-4-5-8-6(2)7(3)9/h4-5,7,9H,1-3H3/b5-4-,8-6+. The van der Waals surface area contributed by atoms with Crippen molar-refractivity contribution >= 4 is 5.71 Å². The van der Waals surface area contributed by atoms with Crippen LogP contribution in [0.1, 0.15) is 20.8 Å². The van der Waals surface area contributed by atoms with Gasteiger partial charge >= 0.3 is 0 Å². The molecule has 0 amide bonds. The minimum atomic E-state index is -0.429. The van der Waals surface area contributed by atoms with Gasteiger partial charge in [0.2, 0.25) is 0 Å². The fourth-order valence-electron chi connectivity index (χ4n) is 0.300. The lowest BCUT2D eigenvalue weighted by atomic mass is 10.3. The highest BCUT2D eigenvalue weighted by molar-refractivity contribution is 5.86. The van der Waals surface area contributed by atoms with E-state index in [4.69, 9.17) is 5.11 Å². The molecule has 1 atom stereocenters. The molecule has 0 rings (SSSR count). The molecular formula is C7H13NO. The van der Waals surface area contributed by atoms with Crippen molar-refractivity contribution in [2.24, 2.45) is 4.99 Å². The van der Waals surface area contributed by atoms with Gasteiger partial charge in [0.25, 0.3) is 0 Å². The number of aliphatic hydroxyl groups excluding tert-OH is 1. The summed E-state index contributed by atoms with van der Waals surface area (Å²) in [6, 6.07) is 0. The molecule has 0 aliphatic carbocycles. The maximum atomic E-state index is 8.88. The molecule has 1 unspecified atom stereocenters. The molecule has 0 aromatic carbocycles. The molecule has 0 aliphatic heterocycles. The molecule has 0 radical (unpaired) electrons. The van der Waals surface area contributed by atoms with E-state index in [0.29, 0.717) is 0 Å². The van der Waals surface area contributed by atoms with Crippen LogP contribution in [0.2, 0.25) is 0 Å². The van der Waals surface area contributed by atoms with Gasteiger partial charge in [-0.05, 0) is 20.8 Å². The van der Waals surface area contributed by atoms with Gasteiger partial charge in [-0.25, -0.2) is 0 Å². The summed E-state index contributed by atoms with van der Waals surface area (Å²) in [5.74, 6) is 0. The molecule has 0 aromatic rings. The molecule has 0 heterocycles. The second-order valence-electron chi connectivity index (χ2n) is 1.93. The SMILES string of the molecule is C/C=C\N=C(/C)C(C)O. The van der Waals surface area contributed by atoms with Crippen molar-refractivity contribution < 1.29 is 5.11 Å². The van der Waals surface area contributed by atoms with E-state index in [1.165, 1.54) is 0 Å². The third kappa shape index (κ3) is 3.91. The molecule has 9 heavy (non-hydrogen) atoms. The summed E-state index contributed by atoms with van der Waals surface area (Å²) in [6.07, 6.45) is 3.06. The fraction of sp³-hybridized carbons (Fsp3) is 0.571. The van der Waals surface area contributed by atoms with Crippen LogP contribution in [0.4, 0.5) is 0 Å². The van der Waals surface area contributed by atoms with Crippen LogP contribution >= 0.6 is 0 Å². The van der Waals surface area contributed by atoms with Crippen LogP contribution in [-0.2, 0) is 0 Å². The predicted molar refractivity (Wildman–Crippen MR) is 39.6 cm³/mol. The summed E-state index contributed by atoms with van der Waals surface area (Å²) in [6.45, 7) is 5.38. The molecular weight excluding hydrogens is 114 g/mol. The lowest BCUT2D eigenvalue weighted by Gasteiger charge is -1.98. The quantitative estimate of drug-likeness (QED) is 0.558. The van der Waals surface area contributed by atoms with E-state index < -0.39 is 6.10 Å². The number of aliphatic imine (C=N–C) groups is 1. The molecule has 0 aliphatic rings. The molecule has 2 heteroatoms. The molecule has 1 N–H and O–H groups in total.